The number of ether oxygens (including phenoxy) is 1. The summed E-state index contributed by atoms with van der Waals surface area (Å²) in [5.41, 5.74) is 3.08. The molecule has 1 aliphatic carbocycles. The summed E-state index contributed by atoms with van der Waals surface area (Å²) < 4.78 is 5.74. The van der Waals surface area contributed by atoms with Gasteiger partial charge in [-0.05, 0) is 35.3 Å². The highest BCUT2D eigenvalue weighted by atomic mass is 16.5. The fourth-order valence-corrected chi connectivity index (χ4v) is 2.37. The Balaban J connectivity index is 1.61. The molecule has 2 nitrogen and oxygen atoms in total. The highest BCUT2D eigenvalue weighted by Crippen LogP contribution is 2.28. The van der Waals surface area contributed by atoms with Crippen LogP contribution in [0, 0.1) is 0 Å². The molecule has 106 valence electrons. The van der Waals surface area contributed by atoms with E-state index in [1.807, 2.05) is 66.7 Å². The fraction of sp³-hybridized carbons (Fsp3) is 0.158. The molecule has 1 unspecified atom stereocenters. The first-order valence-corrected chi connectivity index (χ1v) is 7.13. The van der Waals surface area contributed by atoms with Crippen molar-refractivity contribution in [2.24, 2.45) is 0 Å². The first kappa shape index (κ1) is 13.7. The number of hydrogen-bond donors (Lipinski definition) is 1. The number of benzene rings is 2. The van der Waals surface area contributed by atoms with Gasteiger partial charge < -0.3 is 9.84 Å². The van der Waals surface area contributed by atoms with E-state index < -0.39 is 6.10 Å². The van der Waals surface area contributed by atoms with E-state index in [4.69, 9.17) is 4.74 Å². The first-order chi connectivity index (χ1) is 10.3. The van der Waals surface area contributed by atoms with E-state index in [1.165, 1.54) is 0 Å². The highest BCUT2D eigenvalue weighted by Gasteiger charge is 2.13. The molecule has 2 heteroatoms. The van der Waals surface area contributed by atoms with Crippen LogP contribution < -0.4 is 4.74 Å². The fourth-order valence-electron chi connectivity index (χ4n) is 2.37. The van der Waals surface area contributed by atoms with Gasteiger partial charge in [-0.3, -0.25) is 0 Å². The van der Waals surface area contributed by atoms with Crippen molar-refractivity contribution in [3.8, 4) is 5.75 Å². The molecule has 1 atom stereocenters. The second-order valence-corrected chi connectivity index (χ2v) is 5.12. The van der Waals surface area contributed by atoms with Gasteiger partial charge in [0, 0.05) is 0 Å². The normalized spacial score (nSPS) is 14.8. The molecule has 0 aliphatic heterocycles. The first-order valence-electron chi connectivity index (χ1n) is 7.13. The maximum absolute atomic E-state index is 10.3. The molecule has 0 aromatic heterocycles. The van der Waals surface area contributed by atoms with Crippen molar-refractivity contribution in [2.45, 2.75) is 19.1 Å². The van der Waals surface area contributed by atoms with E-state index in [0.717, 1.165) is 28.9 Å². The number of allylic oxidation sites excluding steroid dienone is 3. The Bertz CT molecular complexity index is 639. The van der Waals surface area contributed by atoms with E-state index in [0.29, 0.717) is 6.61 Å². The summed E-state index contributed by atoms with van der Waals surface area (Å²) in [6.45, 7) is 0.553. The topological polar surface area (TPSA) is 29.5 Å². The van der Waals surface area contributed by atoms with E-state index in [1.54, 1.807) is 0 Å². The summed E-state index contributed by atoms with van der Waals surface area (Å²) in [5, 5.41) is 10.3. The predicted molar refractivity (Wildman–Crippen MR) is 84.0 cm³/mol. The molecule has 3 rings (SSSR count). The van der Waals surface area contributed by atoms with Gasteiger partial charge >= 0.3 is 0 Å². The maximum atomic E-state index is 10.3. The van der Waals surface area contributed by atoms with Crippen LogP contribution in [0.15, 0.2) is 78.4 Å². The van der Waals surface area contributed by atoms with Gasteiger partial charge in [-0.25, -0.2) is 0 Å². The second kappa shape index (κ2) is 6.42. The summed E-state index contributed by atoms with van der Waals surface area (Å²) >= 11 is 0. The van der Waals surface area contributed by atoms with Crippen molar-refractivity contribution in [3.63, 3.8) is 0 Å². The minimum Gasteiger partial charge on any atom is -0.489 e. The maximum Gasteiger partial charge on any atom is 0.119 e. The predicted octanol–water partition coefficient (Wildman–Crippen LogP) is 4.19. The standard InChI is InChI=1S/C19H18O2/c20-19(16-8-4-5-9-16)17-10-12-18(13-11-17)21-14-15-6-2-1-3-7-15/h1-8,10-13,19-20H,9,14H2. The molecule has 1 N–H and O–H groups in total. The lowest BCUT2D eigenvalue weighted by Crippen LogP contribution is -2.00. The number of rotatable bonds is 5. The Labute approximate surface area is 125 Å². The van der Waals surface area contributed by atoms with Crippen LogP contribution in [-0.4, -0.2) is 5.11 Å². The molecule has 1 aliphatic rings. The van der Waals surface area contributed by atoms with Gasteiger partial charge in [0.05, 0.1) is 0 Å². The average Bonchev–Trinajstić information content (AvgIpc) is 3.08. The Kier molecular flexibility index (Phi) is 4.17. The minimum absolute atomic E-state index is 0.525. The SMILES string of the molecule is OC(C1=CC=CC1)c1ccc(OCc2ccccc2)cc1. The molecule has 0 saturated heterocycles. The van der Waals surface area contributed by atoms with Crippen LogP contribution in [0.25, 0.3) is 0 Å². The zero-order chi connectivity index (χ0) is 14.5. The van der Waals surface area contributed by atoms with Gasteiger partial charge in [-0.1, -0.05) is 60.7 Å². The molecular formula is C19H18O2. The number of aliphatic hydroxyl groups is 1. The Morgan fingerprint density at radius 1 is 1.00 bits per heavy atom. The van der Waals surface area contributed by atoms with E-state index in [2.05, 4.69) is 6.08 Å². The third-order valence-electron chi connectivity index (χ3n) is 3.60. The summed E-state index contributed by atoms with van der Waals surface area (Å²) in [6.07, 6.45) is 6.31. The lowest BCUT2D eigenvalue weighted by atomic mass is 10.0. The quantitative estimate of drug-likeness (QED) is 0.888. The van der Waals surface area contributed by atoms with Gasteiger partial charge in [-0.2, -0.15) is 0 Å². The highest BCUT2D eigenvalue weighted by molar-refractivity contribution is 5.36. The van der Waals surface area contributed by atoms with Crippen LogP contribution in [0.4, 0.5) is 0 Å². The summed E-state index contributed by atoms with van der Waals surface area (Å²) in [5.74, 6) is 0.813. The summed E-state index contributed by atoms with van der Waals surface area (Å²) in [6, 6.07) is 17.7. The van der Waals surface area contributed by atoms with Crippen molar-refractivity contribution in [3.05, 3.63) is 89.5 Å². The lowest BCUT2D eigenvalue weighted by Gasteiger charge is -2.13. The third-order valence-corrected chi connectivity index (χ3v) is 3.60. The van der Waals surface area contributed by atoms with E-state index >= 15 is 0 Å². The Morgan fingerprint density at radius 2 is 1.76 bits per heavy atom. The largest absolute Gasteiger partial charge is 0.489 e. The molecule has 0 radical (unpaired) electrons. The van der Waals surface area contributed by atoms with Crippen LogP contribution in [0.3, 0.4) is 0 Å². The number of aliphatic hydroxyl groups excluding tert-OH is 1. The van der Waals surface area contributed by atoms with E-state index in [-0.39, 0.29) is 0 Å². The molecule has 0 heterocycles. The molecule has 2 aromatic carbocycles. The van der Waals surface area contributed by atoms with Gasteiger partial charge in [0.15, 0.2) is 0 Å². The van der Waals surface area contributed by atoms with Crippen molar-refractivity contribution in [1.82, 2.24) is 0 Å². The monoisotopic (exact) mass is 278 g/mol. The van der Waals surface area contributed by atoms with Gasteiger partial charge in [0.1, 0.15) is 18.5 Å². The zero-order valence-electron chi connectivity index (χ0n) is 11.8. The molecule has 0 bridgehead atoms. The van der Waals surface area contributed by atoms with E-state index in [9.17, 15) is 5.11 Å². The van der Waals surface area contributed by atoms with Crippen molar-refractivity contribution in [1.29, 1.82) is 0 Å². The van der Waals surface area contributed by atoms with Crippen LogP contribution >= 0.6 is 0 Å². The van der Waals surface area contributed by atoms with Crippen LogP contribution in [0.1, 0.15) is 23.7 Å². The minimum atomic E-state index is -0.525. The molecular weight excluding hydrogens is 260 g/mol. The molecule has 0 amide bonds. The third kappa shape index (κ3) is 3.41. The Morgan fingerprint density at radius 3 is 2.43 bits per heavy atom. The van der Waals surface area contributed by atoms with Crippen molar-refractivity contribution >= 4 is 0 Å². The van der Waals surface area contributed by atoms with Crippen LogP contribution in [-0.2, 0) is 6.61 Å². The Hall–Kier alpha value is -2.32. The van der Waals surface area contributed by atoms with Crippen LogP contribution in [0.2, 0.25) is 0 Å². The van der Waals surface area contributed by atoms with Crippen LogP contribution in [0.5, 0.6) is 5.75 Å². The van der Waals surface area contributed by atoms with Crippen molar-refractivity contribution < 1.29 is 9.84 Å². The summed E-state index contributed by atoms with van der Waals surface area (Å²) in [7, 11) is 0. The van der Waals surface area contributed by atoms with Gasteiger partial charge in [0.2, 0.25) is 0 Å². The summed E-state index contributed by atoms with van der Waals surface area (Å²) in [4.78, 5) is 0. The molecule has 0 saturated carbocycles. The van der Waals surface area contributed by atoms with Gasteiger partial charge in [-0.15, -0.1) is 0 Å². The zero-order valence-corrected chi connectivity index (χ0v) is 11.8. The molecule has 21 heavy (non-hydrogen) atoms. The molecule has 2 aromatic rings. The lowest BCUT2D eigenvalue weighted by molar-refractivity contribution is 0.213. The molecule has 0 spiro atoms. The average molecular weight is 278 g/mol. The second-order valence-electron chi connectivity index (χ2n) is 5.12. The number of hydrogen-bond acceptors (Lipinski definition) is 2. The van der Waals surface area contributed by atoms with Crippen molar-refractivity contribution in [2.75, 3.05) is 0 Å². The van der Waals surface area contributed by atoms with Gasteiger partial charge in [0.25, 0.3) is 0 Å². The smallest absolute Gasteiger partial charge is 0.119 e. The molecule has 0 fully saturated rings.